The lowest BCUT2D eigenvalue weighted by Crippen LogP contribution is -2.02. The molecule has 0 amide bonds. The molecule has 0 aliphatic carbocycles. The van der Waals surface area contributed by atoms with Crippen molar-refractivity contribution in [2.24, 2.45) is 0 Å². The molecule has 2 aromatic heterocycles. The van der Waals surface area contributed by atoms with E-state index < -0.39 is 0 Å². The van der Waals surface area contributed by atoms with Crippen LogP contribution in [0, 0.1) is 0 Å². The highest BCUT2D eigenvalue weighted by Gasteiger charge is 2.22. The highest BCUT2D eigenvalue weighted by atomic mass is 32.1. The van der Waals surface area contributed by atoms with Crippen molar-refractivity contribution in [1.82, 2.24) is 15.0 Å². The molecule has 0 saturated heterocycles. The van der Waals surface area contributed by atoms with Crippen LogP contribution in [0.1, 0.15) is 0 Å². The summed E-state index contributed by atoms with van der Waals surface area (Å²) in [6, 6.07) is 75.8. The summed E-state index contributed by atoms with van der Waals surface area (Å²) < 4.78 is 2.41. The summed E-state index contributed by atoms with van der Waals surface area (Å²) in [5.74, 6) is 1.93. The van der Waals surface area contributed by atoms with E-state index in [0.717, 1.165) is 65.2 Å². The van der Waals surface area contributed by atoms with Crippen LogP contribution in [0.4, 0.5) is 0 Å². The van der Waals surface area contributed by atoms with Gasteiger partial charge in [0.1, 0.15) is 0 Å². The lowest BCUT2D eigenvalue weighted by molar-refractivity contribution is 1.08. The lowest BCUT2D eigenvalue weighted by Gasteiger charge is -2.17. The predicted molar refractivity (Wildman–Crippen MR) is 258 cm³/mol. The minimum atomic E-state index is 0.636. The Morgan fingerprint density at radius 3 is 1.57 bits per heavy atom. The Morgan fingerprint density at radius 1 is 0.262 bits per heavy atom. The van der Waals surface area contributed by atoms with Crippen molar-refractivity contribution in [3.63, 3.8) is 0 Å². The minimum Gasteiger partial charge on any atom is -0.208 e. The summed E-state index contributed by atoms with van der Waals surface area (Å²) in [6.07, 6.45) is 0. The Labute approximate surface area is 356 Å². The van der Waals surface area contributed by atoms with Crippen molar-refractivity contribution >= 4 is 63.8 Å². The molecule has 0 aliphatic heterocycles. The number of benzene rings is 10. The van der Waals surface area contributed by atoms with E-state index in [9.17, 15) is 0 Å². The van der Waals surface area contributed by atoms with Gasteiger partial charge in [0.25, 0.3) is 0 Å². The van der Waals surface area contributed by atoms with Crippen molar-refractivity contribution in [3.05, 3.63) is 212 Å². The first-order valence-corrected chi connectivity index (χ1v) is 21.4. The van der Waals surface area contributed by atoms with Gasteiger partial charge < -0.3 is 0 Å². The van der Waals surface area contributed by atoms with Gasteiger partial charge in [-0.25, -0.2) is 15.0 Å². The molecule has 0 bridgehead atoms. The van der Waals surface area contributed by atoms with Gasteiger partial charge >= 0.3 is 0 Å². The third-order valence-corrected chi connectivity index (χ3v) is 13.2. The Kier molecular flexibility index (Phi) is 8.36. The molecular formula is C57H35N3S. The minimum absolute atomic E-state index is 0.636. The molecule has 12 aromatic rings. The van der Waals surface area contributed by atoms with Gasteiger partial charge in [0, 0.05) is 36.9 Å². The van der Waals surface area contributed by atoms with E-state index in [1.54, 1.807) is 11.3 Å². The second-order valence-electron chi connectivity index (χ2n) is 15.5. The van der Waals surface area contributed by atoms with Crippen LogP contribution in [0.5, 0.6) is 0 Å². The van der Waals surface area contributed by atoms with Gasteiger partial charge in [-0.3, -0.25) is 0 Å². The molecule has 2 heterocycles. The molecule has 0 unspecified atom stereocenters. The highest BCUT2D eigenvalue weighted by molar-refractivity contribution is 7.26. The Balaban J connectivity index is 1.12. The first kappa shape index (κ1) is 35.2. The van der Waals surface area contributed by atoms with E-state index in [0.29, 0.717) is 17.5 Å². The van der Waals surface area contributed by atoms with Crippen LogP contribution in [-0.4, -0.2) is 15.0 Å². The van der Waals surface area contributed by atoms with E-state index in [2.05, 4.69) is 212 Å². The monoisotopic (exact) mass is 793 g/mol. The van der Waals surface area contributed by atoms with Crippen LogP contribution in [-0.2, 0) is 0 Å². The Morgan fingerprint density at radius 2 is 0.770 bits per heavy atom. The van der Waals surface area contributed by atoms with Gasteiger partial charge in [0.15, 0.2) is 17.5 Å². The van der Waals surface area contributed by atoms with Gasteiger partial charge in [-0.1, -0.05) is 194 Å². The third kappa shape index (κ3) is 5.99. The van der Waals surface area contributed by atoms with E-state index >= 15 is 0 Å². The Hall–Kier alpha value is -7.79. The molecule has 4 heteroatoms. The van der Waals surface area contributed by atoms with Gasteiger partial charge in [-0.2, -0.15) is 0 Å². The maximum atomic E-state index is 5.52. The van der Waals surface area contributed by atoms with Crippen molar-refractivity contribution in [2.75, 3.05) is 0 Å². The molecule has 0 N–H and O–H groups in total. The van der Waals surface area contributed by atoms with Crippen LogP contribution in [0.3, 0.4) is 0 Å². The van der Waals surface area contributed by atoms with Gasteiger partial charge in [0.05, 0.1) is 0 Å². The highest BCUT2D eigenvalue weighted by Crippen LogP contribution is 2.44. The van der Waals surface area contributed by atoms with Crippen LogP contribution in [0.2, 0.25) is 0 Å². The van der Waals surface area contributed by atoms with E-state index in [4.69, 9.17) is 15.0 Å². The lowest BCUT2D eigenvalue weighted by atomic mass is 9.90. The number of fused-ring (bicyclic) bond motifs is 6. The van der Waals surface area contributed by atoms with Crippen molar-refractivity contribution in [2.45, 2.75) is 0 Å². The molecule has 10 aromatic carbocycles. The molecule has 0 saturated carbocycles. The van der Waals surface area contributed by atoms with Crippen molar-refractivity contribution in [1.29, 1.82) is 0 Å². The van der Waals surface area contributed by atoms with E-state index in [1.165, 1.54) is 37.4 Å². The van der Waals surface area contributed by atoms with E-state index in [1.807, 2.05) is 0 Å². The zero-order valence-corrected chi connectivity index (χ0v) is 33.8. The number of rotatable bonds is 6. The van der Waals surface area contributed by atoms with Crippen LogP contribution >= 0.6 is 11.3 Å². The van der Waals surface area contributed by atoms with Crippen molar-refractivity contribution < 1.29 is 0 Å². The smallest absolute Gasteiger partial charge is 0.165 e. The number of nitrogens with zero attached hydrogens (tertiary/aromatic N) is 3. The third-order valence-electron chi connectivity index (χ3n) is 12.0. The van der Waals surface area contributed by atoms with Crippen LogP contribution < -0.4 is 0 Å². The zero-order valence-electron chi connectivity index (χ0n) is 33.0. The molecular weight excluding hydrogens is 759 g/mol. The number of aromatic nitrogens is 3. The summed E-state index contributed by atoms with van der Waals surface area (Å²) >= 11 is 1.79. The second-order valence-corrected chi connectivity index (χ2v) is 16.5. The van der Waals surface area contributed by atoms with E-state index in [-0.39, 0.29) is 0 Å². The first-order valence-electron chi connectivity index (χ1n) is 20.6. The standard InChI is InChI=1S/C57H35N3S/c1-2-14-36(15-3-1)37-28-30-40(31-29-37)42-34-35-50(46-22-9-8-21-44(42)46)55-58-56(51-26-13-25-49-47-23-10-11-27-52(47)61-54(49)51)60-57(59-55)53-43-20-7-5-17-39(43)32-33-48(53)45-24-12-18-38-16-4-6-19-41(38)45/h1-35H. The largest absolute Gasteiger partial charge is 0.208 e. The average molecular weight is 794 g/mol. The quantitative estimate of drug-likeness (QED) is 0.168. The topological polar surface area (TPSA) is 38.7 Å². The molecule has 0 atom stereocenters. The molecule has 284 valence electrons. The Bertz CT molecular complexity index is 3640. The fraction of sp³-hybridized carbons (Fsp3) is 0. The predicted octanol–water partition coefficient (Wildman–Crippen LogP) is 15.7. The molecule has 0 radical (unpaired) electrons. The zero-order chi connectivity index (χ0) is 40.3. The van der Waals surface area contributed by atoms with Gasteiger partial charge in [0.2, 0.25) is 0 Å². The first-order chi connectivity index (χ1) is 30.2. The molecule has 0 spiro atoms. The average Bonchev–Trinajstić information content (AvgIpc) is 3.72. The van der Waals surface area contributed by atoms with Crippen LogP contribution in [0.15, 0.2) is 212 Å². The maximum absolute atomic E-state index is 5.52. The number of hydrogen-bond acceptors (Lipinski definition) is 4. The molecule has 3 nitrogen and oxygen atoms in total. The summed E-state index contributed by atoms with van der Waals surface area (Å²) in [5, 5.41) is 9.27. The SMILES string of the molecule is c1ccc(-c2ccc(-c3ccc(-c4nc(-c5c(-c6cccc7ccccc67)ccc6ccccc56)nc(-c5cccc6c5sc5ccccc56)n4)c4ccccc34)cc2)cc1. The summed E-state index contributed by atoms with van der Waals surface area (Å²) in [6.45, 7) is 0. The summed E-state index contributed by atoms with van der Waals surface area (Å²) in [7, 11) is 0. The number of thiophene rings is 1. The summed E-state index contributed by atoms with van der Waals surface area (Å²) in [4.78, 5) is 16.5. The maximum Gasteiger partial charge on any atom is 0.165 e. The van der Waals surface area contributed by atoms with Gasteiger partial charge in [-0.15, -0.1) is 11.3 Å². The summed E-state index contributed by atoms with van der Waals surface area (Å²) in [5.41, 5.74) is 9.89. The molecule has 61 heavy (non-hydrogen) atoms. The molecule has 0 fully saturated rings. The van der Waals surface area contributed by atoms with Crippen molar-refractivity contribution in [3.8, 4) is 67.5 Å². The van der Waals surface area contributed by atoms with Crippen LogP contribution in [0.25, 0.3) is 120 Å². The molecule has 12 rings (SSSR count). The normalized spacial score (nSPS) is 11.6. The number of hydrogen-bond donors (Lipinski definition) is 0. The second kappa shape index (κ2) is 14.5. The van der Waals surface area contributed by atoms with Gasteiger partial charge in [-0.05, 0) is 83.9 Å². The fourth-order valence-corrected chi connectivity index (χ4v) is 10.3. The molecule has 0 aliphatic rings. The fourth-order valence-electron chi connectivity index (χ4n) is 9.07.